The molecule has 0 aliphatic heterocycles. The zero-order valence-electron chi connectivity index (χ0n) is 19.0. The number of hydrogen-bond acceptors (Lipinski definition) is 4. The van der Waals surface area contributed by atoms with E-state index in [1.807, 2.05) is 0 Å². The number of amides is 1. The molecule has 4 rings (SSSR count). The Morgan fingerprint density at radius 3 is 2.09 bits per heavy atom. The lowest BCUT2D eigenvalue weighted by Gasteiger charge is -2.20. The van der Waals surface area contributed by atoms with E-state index in [2.05, 4.69) is 5.32 Å². The van der Waals surface area contributed by atoms with Gasteiger partial charge in [0, 0.05) is 33.7 Å². The van der Waals surface area contributed by atoms with Crippen LogP contribution >= 0.6 is 23.2 Å². The predicted molar refractivity (Wildman–Crippen MR) is 139 cm³/mol. The first-order chi connectivity index (χ1) is 16.8. The Kier molecular flexibility index (Phi) is 7.24. The quantitative estimate of drug-likeness (QED) is 0.320. The van der Waals surface area contributed by atoms with Gasteiger partial charge in [-0.25, -0.2) is 4.79 Å². The number of esters is 1. The average molecular weight is 509 g/mol. The molecule has 0 spiro atoms. The van der Waals surface area contributed by atoms with Crippen molar-refractivity contribution < 1.29 is 14.3 Å². The van der Waals surface area contributed by atoms with Crippen molar-refractivity contribution in [2.75, 3.05) is 5.32 Å². The van der Waals surface area contributed by atoms with Gasteiger partial charge < -0.3 is 14.6 Å². The van der Waals surface area contributed by atoms with Crippen LogP contribution in [-0.4, -0.2) is 22.5 Å². The van der Waals surface area contributed by atoms with Crippen LogP contribution in [0.4, 0.5) is 5.69 Å². The fraction of sp³-hybridized carbons (Fsp3) is 0.148. The molecule has 8 heteroatoms. The van der Waals surface area contributed by atoms with Crippen LogP contribution in [0.5, 0.6) is 0 Å². The van der Waals surface area contributed by atoms with Crippen molar-refractivity contribution in [3.8, 4) is 11.1 Å². The monoisotopic (exact) mass is 508 g/mol. The fourth-order valence-corrected chi connectivity index (χ4v) is 4.13. The van der Waals surface area contributed by atoms with E-state index in [1.54, 1.807) is 79.7 Å². The highest BCUT2D eigenvalue weighted by atomic mass is 35.5. The smallest absolute Gasteiger partial charge is 0.356 e. The van der Waals surface area contributed by atoms with E-state index >= 15 is 0 Å². The van der Waals surface area contributed by atoms with E-state index < -0.39 is 18.0 Å². The summed E-state index contributed by atoms with van der Waals surface area (Å²) >= 11 is 12.0. The van der Waals surface area contributed by atoms with Crippen molar-refractivity contribution in [1.82, 2.24) is 4.57 Å². The molecule has 1 atom stereocenters. The number of rotatable bonds is 6. The van der Waals surface area contributed by atoms with E-state index in [0.717, 1.165) is 0 Å². The number of halogens is 2. The maximum Gasteiger partial charge on any atom is 0.356 e. The Bertz CT molecular complexity index is 1460. The van der Waals surface area contributed by atoms with Gasteiger partial charge in [0.1, 0.15) is 5.69 Å². The van der Waals surface area contributed by atoms with E-state index in [9.17, 15) is 14.4 Å². The third kappa shape index (κ3) is 5.09. The second kappa shape index (κ2) is 10.3. The van der Waals surface area contributed by atoms with Crippen LogP contribution in [0, 0.1) is 0 Å². The fourth-order valence-electron chi connectivity index (χ4n) is 3.88. The van der Waals surface area contributed by atoms with Crippen molar-refractivity contribution in [3.63, 3.8) is 0 Å². The summed E-state index contributed by atoms with van der Waals surface area (Å²) in [6.07, 6.45) is -0.832. The molecular formula is C27H22Cl2N2O4. The maximum absolute atomic E-state index is 13.5. The van der Waals surface area contributed by atoms with Crippen LogP contribution in [0.3, 0.4) is 0 Å². The molecule has 0 radical (unpaired) electrons. The summed E-state index contributed by atoms with van der Waals surface area (Å²) in [4.78, 5) is 39.4. The molecule has 1 heterocycles. The molecule has 1 N–H and O–H groups in total. The molecule has 1 unspecified atom stereocenters. The summed E-state index contributed by atoms with van der Waals surface area (Å²) in [6.45, 7) is 1.74. The number of fused-ring (bicyclic) bond motifs is 1. The molecule has 3 aromatic carbocycles. The Hall–Kier alpha value is -3.61. The molecular weight excluding hydrogens is 487 g/mol. The number of hydrogen-bond donors (Lipinski definition) is 1. The van der Waals surface area contributed by atoms with Gasteiger partial charge in [0.15, 0.2) is 6.10 Å². The minimum atomic E-state index is -1.07. The van der Waals surface area contributed by atoms with Gasteiger partial charge in [0.05, 0.1) is 0 Å². The van der Waals surface area contributed by atoms with Crippen molar-refractivity contribution in [1.29, 1.82) is 0 Å². The van der Waals surface area contributed by atoms with E-state index in [0.29, 0.717) is 37.6 Å². The van der Waals surface area contributed by atoms with Gasteiger partial charge in [0.2, 0.25) is 0 Å². The molecule has 0 fully saturated rings. The van der Waals surface area contributed by atoms with Crippen LogP contribution in [0.2, 0.25) is 10.0 Å². The van der Waals surface area contributed by atoms with E-state index in [-0.39, 0.29) is 17.7 Å². The highest BCUT2D eigenvalue weighted by molar-refractivity contribution is 6.31. The normalized spacial score (nSPS) is 11.8. The van der Waals surface area contributed by atoms with E-state index in [4.69, 9.17) is 27.9 Å². The molecule has 6 nitrogen and oxygen atoms in total. The minimum Gasteiger partial charge on any atom is -0.448 e. The molecule has 0 aliphatic carbocycles. The van der Waals surface area contributed by atoms with Crippen LogP contribution in [0.25, 0.3) is 21.9 Å². The molecule has 0 saturated carbocycles. The number of nitrogens with zero attached hydrogens (tertiary/aromatic N) is 1. The van der Waals surface area contributed by atoms with E-state index in [1.165, 1.54) is 11.6 Å². The molecule has 178 valence electrons. The van der Waals surface area contributed by atoms with Gasteiger partial charge in [-0.05, 0) is 59.8 Å². The Balaban J connectivity index is 1.75. The zero-order valence-corrected chi connectivity index (χ0v) is 20.6. The molecule has 0 saturated heterocycles. The number of pyridine rings is 1. The summed E-state index contributed by atoms with van der Waals surface area (Å²) in [5.41, 5.74) is 1.44. The lowest BCUT2D eigenvalue weighted by atomic mass is 9.96. The van der Waals surface area contributed by atoms with Crippen LogP contribution < -0.4 is 10.9 Å². The third-order valence-electron chi connectivity index (χ3n) is 5.65. The van der Waals surface area contributed by atoms with Gasteiger partial charge in [0.25, 0.3) is 11.5 Å². The molecule has 35 heavy (non-hydrogen) atoms. The second-order valence-electron chi connectivity index (χ2n) is 7.94. The van der Waals surface area contributed by atoms with Gasteiger partial charge in [-0.2, -0.15) is 0 Å². The molecule has 1 aromatic heterocycles. The van der Waals surface area contributed by atoms with Crippen LogP contribution in [-0.2, 0) is 16.6 Å². The largest absolute Gasteiger partial charge is 0.448 e. The van der Waals surface area contributed by atoms with Crippen LogP contribution in [0.15, 0.2) is 77.6 Å². The minimum absolute atomic E-state index is 0.0498. The molecule has 4 aromatic rings. The number of anilines is 1. The molecule has 0 aliphatic rings. The summed E-state index contributed by atoms with van der Waals surface area (Å²) in [5, 5.41) is 4.86. The van der Waals surface area contributed by atoms with Crippen molar-refractivity contribution in [3.05, 3.63) is 98.9 Å². The summed E-state index contributed by atoms with van der Waals surface area (Å²) < 4.78 is 6.91. The summed E-state index contributed by atoms with van der Waals surface area (Å²) in [5.74, 6) is -1.26. The summed E-state index contributed by atoms with van der Waals surface area (Å²) in [6, 6.07) is 20.6. The van der Waals surface area contributed by atoms with Crippen molar-refractivity contribution in [2.45, 2.75) is 19.4 Å². The highest BCUT2D eigenvalue weighted by Gasteiger charge is 2.27. The Morgan fingerprint density at radius 2 is 1.49 bits per heavy atom. The van der Waals surface area contributed by atoms with Gasteiger partial charge in [-0.1, -0.05) is 60.5 Å². The number of aromatic nitrogens is 1. The lowest BCUT2D eigenvalue weighted by Crippen LogP contribution is -2.34. The third-order valence-corrected chi connectivity index (χ3v) is 6.16. The number of nitrogens with one attached hydrogen (secondary N) is 1. The number of benzene rings is 3. The van der Waals surface area contributed by atoms with Crippen LogP contribution in [0.1, 0.15) is 23.8 Å². The molecule has 0 bridgehead atoms. The van der Waals surface area contributed by atoms with Gasteiger partial charge in [-0.3, -0.25) is 9.59 Å². The average Bonchev–Trinajstić information content (AvgIpc) is 2.86. The first-order valence-corrected chi connectivity index (χ1v) is 11.7. The Morgan fingerprint density at radius 1 is 0.914 bits per heavy atom. The maximum atomic E-state index is 13.5. The van der Waals surface area contributed by atoms with Crippen molar-refractivity contribution in [2.24, 2.45) is 7.05 Å². The predicted octanol–water partition coefficient (Wildman–Crippen LogP) is 6.09. The zero-order chi connectivity index (χ0) is 25.1. The number of carbonyl (C=O) groups is 2. The number of ether oxygens (including phenoxy) is 1. The SMILES string of the molecule is CCC(OC(=O)c1c(-c2ccc(Cl)cc2)c2ccccc2c(=O)n1C)C(=O)Nc1ccc(Cl)cc1. The number of carbonyl (C=O) groups excluding carboxylic acids is 2. The standard InChI is InChI=1S/C27H22Cl2N2O4/c1-3-22(25(32)30-19-14-12-18(29)13-15-19)35-27(34)24-23(16-8-10-17(28)11-9-16)20-6-4-5-7-21(20)26(33)31(24)2/h4-15,22H,3H2,1-2H3,(H,30,32). The topological polar surface area (TPSA) is 77.4 Å². The first-order valence-electron chi connectivity index (χ1n) is 10.9. The van der Waals surface area contributed by atoms with Gasteiger partial charge >= 0.3 is 5.97 Å². The van der Waals surface area contributed by atoms with Crippen molar-refractivity contribution >= 4 is 51.5 Å². The van der Waals surface area contributed by atoms with Gasteiger partial charge in [-0.15, -0.1) is 0 Å². The highest BCUT2D eigenvalue weighted by Crippen LogP contribution is 2.32. The lowest BCUT2D eigenvalue weighted by molar-refractivity contribution is -0.124. The Labute approximate surface area is 212 Å². The molecule has 1 amide bonds. The first kappa shape index (κ1) is 24.5. The summed E-state index contributed by atoms with van der Waals surface area (Å²) in [7, 11) is 1.51. The second-order valence-corrected chi connectivity index (χ2v) is 8.81.